The summed E-state index contributed by atoms with van der Waals surface area (Å²) < 4.78 is 0. The maximum Gasteiger partial charge on any atom is 0.0492 e. The highest BCUT2D eigenvalue weighted by Crippen LogP contribution is 2.35. The van der Waals surface area contributed by atoms with E-state index in [0.29, 0.717) is 6.04 Å². The fourth-order valence-corrected chi connectivity index (χ4v) is 3.63. The molecular weight excluding hydrogens is 302 g/mol. The fourth-order valence-electron chi connectivity index (χ4n) is 3.63. The first-order valence-corrected chi connectivity index (χ1v) is 9.63. The van der Waals surface area contributed by atoms with Gasteiger partial charge in [-0.25, -0.2) is 0 Å². The SMILES string of the molecule is CCCCCCC(C)N(c1ccccc1)c1cccc2ccccc12. The largest absolute Gasteiger partial charge is 0.338 e. The van der Waals surface area contributed by atoms with Crippen LogP contribution in [0.5, 0.6) is 0 Å². The molecule has 1 nitrogen and oxygen atoms in total. The van der Waals surface area contributed by atoms with Gasteiger partial charge in [-0.2, -0.15) is 0 Å². The van der Waals surface area contributed by atoms with Crippen molar-refractivity contribution in [1.29, 1.82) is 0 Å². The Morgan fingerprint density at radius 1 is 0.760 bits per heavy atom. The number of rotatable bonds is 8. The lowest BCUT2D eigenvalue weighted by Gasteiger charge is -2.32. The van der Waals surface area contributed by atoms with Crippen LogP contribution >= 0.6 is 0 Å². The lowest BCUT2D eigenvalue weighted by atomic mass is 10.0. The van der Waals surface area contributed by atoms with Crippen molar-refractivity contribution in [3.63, 3.8) is 0 Å². The summed E-state index contributed by atoms with van der Waals surface area (Å²) in [4.78, 5) is 2.52. The zero-order valence-corrected chi connectivity index (χ0v) is 15.5. The minimum absolute atomic E-state index is 0.477. The van der Waals surface area contributed by atoms with Crippen LogP contribution in [-0.2, 0) is 0 Å². The summed E-state index contributed by atoms with van der Waals surface area (Å²) in [5.41, 5.74) is 2.59. The zero-order chi connectivity index (χ0) is 17.5. The molecule has 0 saturated carbocycles. The minimum Gasteiger partial charge on any atom is -0.338 e. The highest BCUT2D eigenvalue weighted by molar-refractivity contribution is 5.96. The fraction of sp³-hybridized carbons (Fsp3) is 0.333. The third-order valence-electron chi connectivity index (χ3n) is 4.98. The first-order chi connectivity index (χ1) is 12.3. The van der Waals surface area contributed by atoms with Crippen LogP contribution in [0.1, 0.15) is 46.0 Å². The lowest BCUT2D eigenvalue weighted by molar-refractivity contribution is 0.567. The van der Waals surface area contributed by atoms with Gasteiger partial charge in [0.15, 0.2) is 0 Å². The average molecular weight is 332 g/mol. The number of unbranched alkanes of at least 4 members (excludes halogenated alkanes) is 3. The highest BCUT2D eigenvalue weighted by atomic mass is 15.2. The molecule has 0 heterocycles. The normalized spacial score (nSPS) is 12.2. The molecule has 0 radical (unpaired) electrons. The molecule has 1 atom stereocenters. The summed E-state index contributed by atoms with van der Waals surface area (Å²) in [7, 11) is 0. The molecule has 0 N–H and O–H groups in total. The van der Waals surface area contributed by atoms with Crippen molar-refractivity contribution in [3.05, 3.63) is 72.8 Å². The summed E-state index contributed by atoms with van der Waals surface area (Å²) in [5, 5.41) is 2.63. The molecule has 3 rings (SSSR count). The van der Waals surface area contributed by atoms with Crippen molar-refractivity contribution in [2.24, 2.45) is 0 Å². The molecule has 0 amide bonds. The molecule has 25 heavy (non-hydrogen) atoms. The summed E-state index contributed by atoms with van der Waals surface area (Å²) in [5.74, 6) is 0. The van der Waals surface area contributed by atoms with Gasteiger partial charge in [-0.05, 0) is 36.9 Å². The Hall–Kier alpha value is -2.28. The van der Waals surface area contributed by atoms with Crippen molar-refractivity contribution >= 4 is 22.1 Å². The summed E-state index contributed by atoms with van der Waals surface area (Å²) in [6, 6.07) is 26.6. The van der Waals surface area contributed by atoms with Gasteiger partial charge >= 0.3 is 0 Å². The smallest absolute Gasteiger partial charge is 0.0492 e. The second-order valence-electron chi connectivity index (χ2n) is 6.90. The quantitative estimate of drug-likeness (QED) is 0.390. The Labute approximate surface area is 152 Å². The molecule has 3 aromatic rings. The van der Waals surface area contributed by atoms with Gasteiger partial charge in [0.05, 0.1) is 0 Å². The maximum atomic E-state index is 2.52. The van der Waals surface area contributed by atoms with Crippen molar-refractivity contribution in [3.8, 4) is 0 Å². The number of anilines is 2. The number of para-hydroxylation sites is 1. The summed E-state index contributed by atoms with van der Waals surface area (Å²) >= 11 is 0. The molecule has 0 aliphatic carbocycles. The third-order valence-corrected chi connectivity index (χ3v) is 4.98. The number of hydrogen-bond donors (Lipinski definition) is 0. The molecule has 0 aliphatic rings. The molecule has 0 spiro atoms. The van der Waals surface area contributed by atoms with E-state index >= 15 is 0 Å². The second kappa shape index (κ2) is 8.71. The van der Waals surface area contributed by atoms with Gasteiger partial charge in [0.25, 0.3) is 0 Å². The highest BCUT2D eigenvalue weighted by Gasteiger charge is 2.18. The van der Waals surface area contributed by atoms with E-state index in [-0.39, 0.29) is 0 Å². The van der Waals surface area contributed by atoms with Crippen molar-refractivity contribution < 1.29 is 0 Å². The topological polar surface area (TPSA) is 3.24 Å². The van der Waals surface area contributed by atoms with E-state index in [0.717, 1.165) is 0 Å². The Morgan fingerprint density at radius 3 is 2.28 bits per heavy atom. The molecule has 3 aromatic carbocycles. The Bertz CT molecular complexity index is 773. The Balaban J connectivity index is 1.96. The maximum absolute atomic E-state index is 2.52. The van der Waals surface area contributed by atoms with Crippen LogP contribution < -0.4 is 4.90 Å². The van der Waals surface area contributed by atoms with E-state index < -0.39 is 0 Å². The van der Waals surface area contributed by atoms with Gasteiger partial charge in [0, 0.05) is 22.8 Å². The molecular formula is C24H29N. The van der Waals surface area contributed by atoms with E-state index in [9.17, 15) is 0 Å². The van der Waals surface area contributed by atoms with Gasteiger partial charge in [0.2, 0.25) is 0 Å². The van der Waals surface area contributed by atoms with Gasteiger partial charge < -0.3 is 4.90 Å². The molecule has 1 heteroatoms. The summed E-state index contributed by atoms with van der Waals surface area (Å²) in [6.07, 6.45) is 6.48. The average Bonchev–Trinajstić information content (AvgIpc) is 2.67. The first kappa shape index (κ1) is 17.5. The standard InChI is InChI=1S/C24H29N/c1-3-4-5-7-13-20(2)25(22-16-8-6-9-17-22)24-19-12-15-21-14-10-11-18-23(21)24/h6,8-12,14-20H,3-5,7,13H2,1-2H3. The van der Waals surface area contributed by atoms with E-state index in [1.807, 2.05) is 0 Å². The van der Waals surface area contributed by atoms with Gasteiger partial charge in [-0.15, -0.1) is 0 Å². The van der Waals surface area contributed by atoms with E-state index in [1.165, 1.54) is 54.3 Å². The molecule has 0 aliphatic heterocycles. The monoisotopic (exact) mass is 331 g/mol. The van der Waals surface area contributed by atoms with Crippen LogP contribution in [0.15, 0.2) is 72.8 Å². The minimum atomic E-state index is 0.477. The van der Waals surface area contributed by atoms with Crippen molar-refractivity contribution in [1.82, 2.24) is 0 Å². The van der Waals surface area contributed by atoms with Crippen LogP contribution in [0.2, 0.25) is 0 Å². The molecule has 0 aromatic heterocycles. The third kappa shape index (κ3) is 4.22. The molecule has 0 bridgehead atoms. The van der Waals surface area contributed by atoms with Crippen LogP contribution in [0.3, 0.4) is 0 Å². The van der Waals surface area contributed by atoms with Crippen LogP contribution in [-0.4, -0.2) is 6.04 Å². The van der Waals surface area contributed by atoms with Crippen LogP contribution in [0.4, 0.5) is 11.4 Å². The van der Waals surface area contributed by atoms with E-state index in [4.69, 9.17) is 0 Å². The van der Waals surface area contributed by atoms with Gasteiger partial charge in [-0.3, -0.25) is 0 Å². The van der Waals surface area contributed by atoms with Gasteiger partial charge in [-0.1, -0.05) is 87.2 Å². The second-order valence-corrected chi connectivity index (χ2v) is 6.90. The number of hydrogen-bond acceptors (Lipinski definition) is 1. The van der Waals surface area contributed by atoms with Crippen molar-refractivity contribution in [2.45, 2.75) is 52.0 Å². The predicted octanol–water partition coefficient (Wildman–Crippen LogP) is 7.34. The number of fused-ring (bicyclic) bond motifs is 1. The number of benzene rings is 3. The predicted molar refractivity (Wildman–Crippen MR) is 111 cm³/mol. The first-order valence-electron chi connectivity index (χ1n) is 9.63. The van der Waals surface area contributed by atoms with E-state index in [2.05, 4.69) is 91.5 Å². The lowest BCUT2D eigenvalue weighted by Crippen LogP contribution is -2.28. The van der Waals surface area contributed by atoms with Crippen molar-refractivity contribution in [2.75, 3.05) is 4.90 Å². The Morgan fingerprint density at radius 2 is 1.48 bits per heavy atom. The number of nitrogens with zero attached hydrogens (tertiary/aromatic N) is 1. The van der Waals surface area contributed by atoms with E-state index in [1.54, 1.807) is 0 Å². The Kier molecular flexibility index (Phi) is 6.11. The molecule has 0 fully saturated rings. The zero-order valence-electron chi connectivity index (χ0n) is 15.5. The molecule has 0 saturated heterocycles. The molecule has 1 unspecified atom stereocenters. The molecule has 130 valence electrons. The summed E-state index contributed by atoms with van der Waals surface area (Å²) in [6.45, 7) is 4.64. The van der Waals surface area contributed by atoms with Gasteiger partial charge in [0.1, 0.15) is 0 Å². The van der Waals surface area contributed by atoms with Crippen LogP contribution in [0.25, 0.3) is 10.8 Å². The van der Waals surface area contributed by atoms with Crippen LogP contribution in [0, 0.1) is 0 Å².